The lowest BCUT2D eigenvalue weighted by atomic mass is 9.55. The molecule has 8 saturated carbocycles. The van der Waals surface area contributed by atoms with E-state index in [4.69, 9.17) is 9.47 Å². The first-order chi connectivity index (χ1) is 17.0. The predicted octanol–water partition coefficient (Wildman–Crippen LogP) is 5.85. The summed E-state index contributed by atoms with van der Waals surface area (Å²) in [5, 5.41) is 0. The molecule has 0 aromatic heterocycles. The fraction of sp³-hybridized carbons (Fsp3) is 0.933. The fourth-order valence-electron chi connectivity index (χ4n) is 10.6. The molecular formula is C30H46O5. The highest BCUT2D eigenvalue weighted by atomic mass is 16.7. The van der Waals surface area contributed by atoms with Crippen molar-refractivity contribution >= 4 is 11.9 Å². The van der Waals surface area contributed by atoms with Gasteiger partial charge in [-0.2, -0.15) is 0 Å². The van der Waals surface area contributed by atoms with Gasteiger partial charge in [-0.15, -0.1) is 0 Å². The summed E-state index contributed by atoms with van der Waals surface area (Å²) in [7, 11) is 1.41. The summed E-state index contributed by atoms with van der Waals surface area (Å²) < 4.78 is 16.4. The van der Waals surface area contributed by atoms with Crippen molar-refractivity contribution in [2.24, 2.45) is 71.0 Å². The van der Waals surface area contributed by atoms with Gasteiger partial charge in [0.05, 0.1) is 25.0 Å². The van der Waals surface area contributed by atoms with Gasteiger partial charge in [-0.1, -0.05) is 13.8 Å². The van der Waals surface area contributed by atoms with Crippen molar-refractivity contribution in [1.29, 1.82) is 0 Å². The van der Waals surface area contributed by atoms with Crippen LogP contribution in [0, 0.1) is 71.0 Å². The maximum atomic E-state index is 12.9. The zero-order valence-electron chi connectivity index (χ0n) is 22.0. The zero-order valence-corrected chi connectivity index (χ0v) is 22.0. The maximum Gasteiger partial charge on any atom is 0.311 e. The standard InChI is InChI=1S/C24H34O3.C6H12O2/c25-24(20-10-16-9-19(20)22-15-2-1-14(8-15)21(16)22)27-11-26-23-17-4-12-3-13(6-17)7-18(23)5-12;1-4-5(2)6(7)8-3/h12-23H,1-11H2;5H,4H2,1-3H3. The third-order valence-electron chi connectivity index (χ3n) is 11.9. The van der Waals surface area contributed by atoms with Gasteiger partial charge in [0.2, 0.25) is 0 Å². The van der Waals surface area contributed by atoms with E-state index in [1.165, 1.54) is 64.9 Å². The van der Waals surface area contributed by atoms with Gasteiger partial charge in [0, 0.05) is 0 Å². The van der Waals surface area contributed by atoms with E-state index in [0.29, 0.717) is 12.0 Å². The number of hydrogen-bond donors (Lipinski definition) is 0. The normalized spacial score (nSPS) is 48.3. The topological polar surface area (TPSA) is 61.8 Å². The van der Waals surface area contributed by atoms with Crippen LogP contribution in [0.5, 0.6) is 0 Å². The first-order valence-electron chi connectivity index (χ1n) is 14.8. The average Bonchev–Trinajstić information content (AvgIpc) is 3.64. The summed E-state index contributed by atoms with van der Waals surface area (Å²) in [6, 6.07) is 0. The van der Waals surface area contributed by atoms with E-state index in [1.54, 1.807) is 0 Å². The lowest BCUT2D eigenvalue weighted by molar-refractivity contribution is -0.191. The van der Waals surface area contributed by atoms with Gasteiger partial charge in [0.1, 0.15) is 0 Å². The third kappa shape index (κ3) is 4.26. The molecule has 0 spiro atoms. The molecule has 0 saturated heterocycles. The van der Waals surface area contributed by atoms with Crippen LogP contribution >= 0.6 is 0 Å². The third-order valence-corrected chi connectivity index (χ3v) is 11.9. The van der Waals surface area contributed by atoms with E-state index in [1.807, 2.05) is 13.8 Å². The minimum Gasteiger partial charge on any atom is -0.469 e. The Morgan fingerprint density at radius 3 is 2.06 bits per heavy atom. The Hall–Kier alpha value is -1.10. The Morgan fingerprint density at radius 1 is 0.800 bits per heavy atom. The largest absolute Gasteiger partial charge is 0.469 e. The van der Waals surface area contributed by atoms with E-state index in [0.717, 1.165) is 66.1 Å². The Labute approximate surface area is 211 Å². The quantitative estimate of drug-likeness (QED) is 0.268. The van der Waals surface area contributed by atoms with Crippen molar-refractivity contribution in [1.82, 2.24) is 0 Å². The molecule has 0 aromatic carbocycles. The molecule has 0 heterocycles. The highest BCUT2D eigenvalue weighted by molar-refractivity contribution is 5.73. The molecule has 0 aromatic rings. The molecule has 8 atom stereocenters. The van der Waals surface area contributed by atoms with Crippen molar-refractivity contribution in [2.75, 3.05) is 13.9 Å². The predicted molar refractivity (Wildman–Crippen MR) is 132 cm³/mol. The van der Waals surface area contributed by atoms with Crippen molar-refractivity contribution in [3.63, 3.8) is 0 Å². The summed E-state index contributed by atoms with van der Waals surface area (Å²) in [6.45, 7) is 4.04. The molecule has 8 unspecified atom stereocenters. The molecule has 5 nitrogen and oxygen atoms in total. The summed E-state index contributed by atoms with van der Waals surface area (Å²) >= 11 is 0. The summed E-state index contributed by atoms with van der Waals surface area (Å²) in [4.78, 5) is 23.4. The number of fused-ring (bicyclic) bond motifs is 9. The van der Waals surface area contributed by atoms with Gasteiger partial charge in [-0.3, -0.25) is 9.59 Å². The van der Waals surface area contributed by atoms with Gasteiger partial charge in [0.15, 0.2) is 6.79 Å². The molecule has 0 aliphatic heterocycles. The minimum absolute atomic E-state index is 0.0556. The number of rotatable bonds is 6. The monoisotopic (exact) mass is 486 g/mol. The molecule has 5 heteroatoms. The summed E-state index contributed by atoms with van der Waals surface area (Å²) in [5.41, 5.74) is 0. The highest BCUT2D eigenvalue weighted by Gasteiger charge is 2.63. The number of hydrogen-bond acceptors (Lipinski definition) is 5. The molecule has 196 valence electrons. The van der Waals surface area contributed by atoms with Crippen LogP contribution in [0.3, 0.4) is 0 Å². The van der Waals surface area contributed by atoms with Gasteiger partial charge in [0.25, 0.3) is 0 Å². The van der Waals surface area contributed by atoms with Crippen LogP contribution in [0.1, 0.15) is 84.5 Å². The number of methoxy groups -OCH3 is 1. The van der Waals surface area contributed by atoms with Crippen LogP contribution in [-0.4, -0.2) is 31.9 Å². The SMILES string of the molecule is CCC(C)C(=O)OC.O=C(OCOC1C2CC3CC(C2)CC1C3)C1CC2CC1C1C3CCC(C3)C21. The molecule has 0 radical (unpaired) electrons. The second-order valence-corrected chi connectivity index (χ2v) is 13.5. The highest BCUT2D eigenvalue weighted by Crippen LogP contribution is 2.68. The first kappa shape index (κ1) is 24.2. The van der Waals surface area contributed by atoms with Crippen molar-refractivity contribution in [3.8, 4) is 0 Å². The Balaban J connectivity index is 0.000000251. The van der Waals surface area contributed by atoms with Gasteiger partial charge in [-0.05, 0) is 130 Å². The van der Waals surface area contributed by atoms with Crippen molar-refractivity contribution in [2.45, 2.75) is 90.6 Å². The van der Waals surface area contributed by atoms with Crippen molar-refractivity contribution in [3.05, 3.63) is 0 Å². The molecule has 8 rings (SSSR count). The van der Waals surface area contributed by atoms with Crippen LogP contribution in [-0.2, 0) is 23.8 Å². The van der Waals surface area contributed by atoms with Crippen LogP contribution in [0.2, 0.25) is 0 Å². The average molecular weight is 487 g/mol. The minimum atomic E-state index is -0.118. The number of carbonyl (C=O) groups is 2. The fourth-order valence-corrected chi connectivity index (χ4v) is 10.6. The first-order valence-corrected chi connectivity index (χ1v) is 14.8. The lowest BCUT2D eigenvalue weighted by Crippen LogP contribution is -2.49. The Bertz CT molecular complexity index is 781. The maximum absolute atomic E-state index is 12.9. The zero-order chi connectivity index (χ0) is 24.3. The van der Waals surface area contributed by atoms with Crippen LogP contribution < -0.4 is 0 Å². The number of ether oxygens (including phenoxy) is 3. The van der Waals surface area contributed by atoms with Crippen LogP contribution in [0.15, 0.2) is 0 Å². The van der Waals surface area contributed by atoms with Crippen molar-refractivity contribution < 1.29 is 23.8 Å². The molecule has 8 bridgehead atoms. The van der Waals surface area contributed by atoms with Gasteiger partial charge < -0.3 is 14.2 Å². The molecule has 8 aliphatic carbocycles. The summed E-state index contributed by atoms with van der Waals surface area (Å²) in [5.74, 6) is 8.90. The Morgan fingerprint density at radius 2 is 1.46 bits per heavy atom. The molecule has 0 amide bonds. The summed E-state index contributed by atoms with van der Waals surface area (Å²) in [6.07, 6.45) is 15.0. The van der Waals surface area contributed by atoms with Gasteiger partial charge in [-0.25, -0.2) is 0 Å². The molecular weight excluding hydrogens is 440 g/mol. The molecule has 0 N–H and O–H groups in total. The van der Waals surface area contributed by atoms with Crippen LogP contribution in [0.25, 0.3) is 0 Å². The Kier molecular flexibility index (Phi) is 6.69. The number of esters is 2. The second-order valence-electron chi connectivity index (χ2n) is 13.5. The molecule has 8 aliphatic rings. The van der Waals surface area contributed by atoms with E-state index >= 15 is 0 Å². The van der Waals surface area contributed by atoms with E-state index in [2.05, 4.69) is 4.74 Å². The smallest absolute Gasteiger partial charge is 0.311 e. The van der Waals surface area contributed by atoms with E-state index < -0.39 is 0 Å². The van der Waals surface area contributed by atoms with Gasteiger partial charge >= 0.3 is 11.9 Å². The van der Waals surface area contributed by atoms with E-state index in [-0.39, 0.29) is 30.6 Å². The molecule has 35 heavy (non-hydrogen) atoms. The number of carbonyl (C=O) groups excluding carboxylic acids is 2. The lowest BCUT2D eigenvalue weighted by Gasteiger charge is -2.53. The van der Waals surface area contributed by atoms with Crippen LogP contribution in [0.4, 0.5) is 0 Å². The van der Waals surface area contributed by atoms with E-state index in [9.17, 15) is 9.59 Å². The second kappa shape index (κ2) is 9.65. The molecule has 8 fully saturated rings.